The van der Waals surface area contributed by atoms with Crippen molar-refractivity contribution < 1.29 is 19.5 Å². The van der Waals surface area contributed by atoms with Crippen molar-refractivity contribution in [2.24, 2.45) is 5.92 Å². The number of carboxylic acid groups (broad SMARTS) is 1. The average molecular weight is 534 g/mol. The summed E-state index contributed by atoms with van der Waals surface area (Å²) in [4.78, 5) is 41.6. The van der Waals surface area contributed by atoms with Gasteiger partial charge in [0.05, 0.1) is 18.2 Å². The number of nitrogens with one attached hydrogen (secondary N) is 1. The maximum absolute atomic E-state index is 13.5. The minimum Gasteiger partial charge on any atom is -0.481 e. The third-order valence-corrected chi connectivity index (χ3v) is 7.88. The lowest BCUT2D eigenvalue weighted by molar-refractivity contribution is -0.145. The smallest absolute Gasteiger partial charge is 0.318 e. The number of fused-ring (bicyclic) bond motifs is 3. The van der Waals surface area contributed by atoms with Gasteiger partial charge in [0.2, 0.25) is 0 Å². The zero-order valence-electron chi connectivity index (χ0n) is 19.8. The Bertz CT molecular complexity index is 1150. The van der Waals surface area contributed by atoms with Crippen molar-refractivity contribution in [3.63, 3.8) is 0 Å². The molecule has 1 aromatic carbocycles. The molecule has 2 N–H and O–H groups in total. The van der Waals surface area contributed by atoms with E-state index >= 15 is 0 Å². The van der Waals surface area contributed by atoms with E-state index < -0.39 is 11.9 Å². The molecule has 3 aliphatic heterocycles. The molecule has 0 spiro atoms. The van der Waals surface area contributed by atoms with Crippen LogP contribution in [0.15, 0.2) is 24.3 Å². The van der Waals surface area contributed by atoms with Gasteiger partial charge in [-0.3, -0.25) is 14.3 Å². The number of piperidine rings is 2. The van der Waals surface area contributed by atoms with E-state index in [4.69, 9.17) is 23.2 Å². The second kappa shape index (κ2) is 10.3. The Balaban J connectivity index is 1.26. The number of aliphatic carboxylic acids is 1. The third-order valence-electron chi connectivity index (χ3n) is 7.44. The molecule has 5 rings (SSSR count). The molecule has 9 nitrogen and oxygen atoms in total. The standard InChI is InChI=1S/C25H29Cl2N5O4/c26-17-7-15(8-18(27)11-17)13-28-25(36)30-5-2-6-31-21(14-30)12-22(29-31)23(33)32-19-3-1-4-20(32)10-16(9-19)24(34)35/h7-8,11-12,16,19-20H,1-6,9-10,13-14H2,(H,28,36)(H,34,35). The van der Waals surface area contributed by atoms with Crippen LogP contribution in [0.5, 0.6) is 0 Å². The maximum Gasteiger partial charge on any atom is 0.318 e. The van der Waals surface area contributed by atoms with Crippen LogP contribution in [0.2, 0.25) is 10.0 Å². The number of urea groups is 1. The molecule has 3 aliphatic rings. The quantitative estimate of drug-likeness (QED) is 0.613. The summed E-state index contributed by atoms with van der Waals surface area (Å²) in [6.45, 7) is 1.83. The summed E-state index contributed by atoms with van der Waals surface area (Å²) in [6.07, 6.45) is 4.37. The van der Waals surface area contributed by atoms with Crippen molar-refractivity contribution in [2.75, 3.05) is 6.54 Å². The van der Waals surface area contributed by atoms with Crippen LogP contribution in [0.4, 0.5) is 4.79 Å². The molecule has 2 bridgehead atoms. The highest BCUT2D eigenvalue weighted by molar-refractivity contribution is 6.34. The number of carboxylic acids is 1. The van der Waals surface area contributed by atoms with E-state index in [1.165, 1.54) is 0 Å². The van der Waals surface area contributed by atoms with Gasteiger partial charge >= 0.3 is 12.0 Å². The predicted molar refractivity (Wildman–Crippen MR) is 134 cm³/mol. The predicted octanol–water partition coefficient (Wildman–Crippen LogP) is 4.16. The van der Waals surface area contributed by atoms with Crippen molar-refractivity contribution in [2.45, 2.75) is 70.2 Å². The Morgan fingerprint density at radius 1 is 1.00 bits per heavy atom. The van der Waals surface area contributed by atoms with Crippen LogP contribution in [-0.2, 0) is 24.4 Å². The van der Waals surface area contributed by atoms with Gasteiger partial charge in [0, 0.05) is 41.8 Å². The number of carbonyl (C=O) groups excluding carboxylic acids is 2. The average Bonchev–Trinajstić information content (AvgIpc) is 3.11. The summed E-state index contributed by atoms with van der Waals surface area (Å²) in [5.74, 6) is -1.30. The highest BCUT2D eigenvalue weighted by atomic mass is 35.5. The number of rotatable bonds is 4. The Labute approximate surface area is 219 Å². The summed E-state index contributed by atoms with van der Waals surface area (Å²) in [7, 11) is 0. The molecule has 3 amide bonds. The number of nitrogens with zero attached hydrogens (tertiary/aromatic N) is 4. The van der Waals surface area contributed by atoms with Gasteiger partial charge in [0.25, 0.3) is 5.91 Å². The van der Waals surface area contributed by atoms with Crippen molar-refractivity contribution >= 4 is 41.1 Å². The second-order valence-corrected chi connectivity index (χ2v) is 10.8. The van der Waals surface area contributed by atoms with E-state index in [1.807, 2.05) is 9.58 Å². The number of aromatic nitrogens is 2. The molecular weight excluding hydrogens is 505 g/mol. The Kier molecular flexibility index (Phi) is 7.12. The Morgan fingerprint density at radius 2 is 1.69 bits per heavy atom. The summed E-state index contributed by atoms with van der Waals surface area (Å²) >= 11 is 12.1. The van der Waals surface area contributed by atoms with Gasteiger partial charge in [-0.2, -0.15) is 5.10 Å². The first-order chi connectivity index (χ1) is 17.3. The number of halogens is 2. The first kappa shape index (κ1) is 24.9. The van der Waals surface area contributed by atoms with E-state index in [0.717, 1.165) is 30.5 Å². The second-order valence-electron chi connectivity index (χ2n) is 9.91. The summed E-state index contributed by atoms with van der Waals surface area (Å²) in [5.41, 5.74) is 1.99. The molecule has 2 atom stereocenters. The van der Waals surface area contributed by atoms with Crippen molar-refractivity contribution in [1.82, 2.24) is 24.9 Å². The molecule has 4 heterocycles. The molecule has 36 heavy (non-hydrogen) atoms. The fourth-order valence-corrected chi connectivity index (χ4v) is 6.36. The molecule has 1 aromatic heterocycles. The van der Waals surface area contributed by atoms with Crippen LogP contribution in [-0.4, -0.2) is 61.2 Å². The molecule has 0 radical (unpaired) electrons. The number of carbonyl (C=O) groups is 3. The van der Waals surface area contributed by atoms with E-state index in [2.05, 4.69) is 10.4 Å². The summed E-state index contributed by atoms with van der Waals surface area (Å²) in [6, 6.07) is 6.62. The molecule has 11 heteroatoms. The van der Waals surface area contributed by atoms with Crippen LogP contribution in [0, 0.1) is 5.92 Å². The van der Waals surface area contributed by atoms with Gasteiger partial charge < -0.3 is 20.2 Å². The first-order valence-corrected chi connectivity index (χ1v) is 13.1. The van der Waals surface area contributed by atoms with E-state index in [1.54, 1.807) is 29.2 Å². The van der Waals surface area contributed by atoms with E-state index in [-0.39, 0.29) is 24.0 Å². The Morgan fingerprint density at radius 3 is 2.36 bits per heavy atom. The Hall–Kier alpha value is -2.78. The number of aryl methyl sites for hydroxylation is 1. The topological polar surface area (TPSA) is 108 Å². The first-order valence-electron chi connectivity index (χ1n) is 12.4. The van der Waals surface area contributed by atoms with Crippen LogP contribution >= 0.6 is 23.2 Å². The molecule has 0 aliphatic carbocycles. The van der Waals surface area contributed by atoms with Crippen molar-refractivity contribution in [3.8, 4) is 0 Å². The highest BCUT2D eigenvalue weighted by Crippen LogP contribution is 2.38. The number of benzene rings is 1. The lowest BCUT2D eigenvalue weighted by Gasteiger charge is -2.47. The number of amides is 3. The summed E-state index contributed by atoms with van der Waals surface area (Å²) < 4.78 is 1.82. The normalized spacial score (nSPS) is 23.6. The van der Waals surface area contributed by atoms with Gasteiger partial charge in [-0.1, -0.05) is 23.2 Å². The largest absolute Gasteiger partial charge is 0.481 e. The van der Waals surface area contributed by atoms with Crippen LogP contribution < -0.4 is 5.32 Å². The SMILES string of the molecule is O=C(O)C1CC2CCCC(C1)N2C(=O)c1cc2n(n1)CCCN(C(=O)NCc1cc(Cl)cc(Cl)c1)C2. The minimum atomic E-state index is -0.774. The van der Waals surface area contributed by atoms with Crippen LogP contribution in [0.25, 0.3) is 0 Å². The molecule has 2 aromatic rings. The van der Waals surface area contributed by atoms with E-state index in [0.29, 0.717) is 61.2 Å². The molecule has 2 saturated heterocycles. The van der Waals surface area contributed by atoms with Crippen molar-refractivity contribution in [3.05, 3.63) is 51.3 Å². The monoisotopic (exact) mass is 533 g/mol. The van der Waals surface area contributed by atoms with Gasteiger partial charge in [0.1, 0.15) is 0 Å². The van der Waals surface area contributed by atoms with Gasteiger partial charge in [-0.15, -0.1) is 0 Å². The maximum atomic E-state index is 13.5. The fraction of sp³-hybridized carbons (Fsp3) is 0.520. The number of hydrogen-bond acceptors (Lipinski definition) is 4. The lowest BCUT2D eigenvalue weighted by atomic mass is 9.78. The fourth-order valence-electron chi connectivity index (χ4n) is 5.79. The number of hydrogen-bond donors (Lipinski definition) is 2. The van der Waals surface area contributed by atoms with Crippen molar-refractivity contribution in [1.29, 1.82) is 0 Å². The lowest BCUT2D eigenvalue weighted by Crippen LogP contribution is -2.55. The third kappa shape index (κ3) is 5.18. The van der Waals surface area contributed by atoms with Gasteiger partial charge in [-0.05, 0) is 68.4 Å². The minimum absolute atomic E-state index is 0.0603. The zero-order valence-corrected chi connectivity index (χ0v) is 21.3. The molecule has 2 fully saturated rings. The van der Waals surface area contributed by atoms with Gasteiger partial charge in [0.15, 0.2) is 5.69 Å². The van der Waals surface area contributed by atoms with Gasteiger partial charge in [-0.25, -0.2) is 4.79 Å². The molecule has 0 saturated carbocycles. The molecule has 2 unspecified atom stereocenters. The molecule has 192 valence electrons. The summed E-state index contributed by atoms with van der Waals surface area (Å²) in [5, 5.41) is 18.0. The zero-order chi connectivity index (χ0) is 25.4. The van der Waals surface area contributed by atoms with E-state index in [9.17, 15) is 19.5 Å². The molecular formula is C25H29Cl2N5O4. The van der Waals surface area contributed by atoms with Crippen LogP contribution in [0.3, 0.4) is 0 Å². The highest BCUT2D eigenvalue weighted by Gasteiger charge is 2.43. The van der Waals surface area contributed by atoms with Crippen LogP contribution in [0.1, 0.15) is 60.3 Å².